The third-order valence-electron chi connectivity index (χ3n) is 2.60. The van der Waals surface area contributed by atoms with Gasteiger partial charge in [0, 0.05) is 17.8 Å². The van der Waals surface area contributed by atoms with Gasteiger partial charge < -0.3 is 10.6 Å². The topological polar surface area (TPSA) is 58.2 Å². The molecule has 4 nitrogen and oxygen atoms in total. The van der Waals surface area contributed by atoms with Gasteiger partial charge in [0.15, 0.2) is 0 Å². The number of unbranched alkanes of at least 4 members (excludes halogenated alkanes) is 2. The van der Waals surface area contributed by atoms with E-state index in [1.54, 1.807) is 24.3 Å². The molecule has 2 amide bonds. The number of nitrogens with one attached hydrogen (secondary N) is 2. The summed E-state index contributed by atoms with van der Waals surface area (Å²) < 4.78 is 0. The molecule has 0 bridgehead atoms. The Kier molecular flexibility index (Phi) is 6.97. The van der Waals surface area contributed by atoms with Crippen LogP contribution in [0.2, 0.25) is 0 Å². The number of hydrogen-bond acceptors (Lipinski definition) is 2. The van der Waals surface area contributed by atoms with Crippen LogP contribution >= 0.6 is 11.6 Å². The van der Waals surface area contributed by atoms with E-state index in [0.29, 0.717) is 17.8 Å². The Bertz CT molecular complexity index is 435. The van der Waals surface area contributed by atoms with Crippen LogP contribution in [0.25, 0.3) is 0 Å². The maximum Gasteiger partial charge on any atom is 0.251 e. The fourth-order valence-corrected chi connectivity index (χ4v) is 1.68. The van der Waals surface area contributed by atoms with Gasteiger partial charge in [-0.25, -0.2) is 0 Å². The zero-order valence-corrected chi connectivity index (χ0v) is 11.8. The van der Waals surface area contributed by atoms with E-state index in [1.165, 1.54) is 0 Å². The van der Waals surface area contributed by atoms with Crippen LogP contribution in [0.3, 0.4) is 0 Å². The van der Waals surface area contributed by atoms with Crippen molar-refractivity contribution in [1.29, 1.82) is 0 Å². The summed E-state index contributed by atoms with van der Waals surface area (Å²) in [5.41, 5.74) is 1.11. The minimum Gasteiger partial charge on any atom is -0.352 e. The van der Waals surface area contributed by atoms with Crippen LogP contribution in [0, 0.1) is 0 Å². The Morgan fingerprint density at radius 2 is 2.05 bits per heavy atom. The molecule has 0 aliphatic carbocycles. The van der Waals surface area contributed by atoms with E-state index >= 15 is 0 Å². The van der Waals surface area contributed by atoms with E-state index < -0.39 is 0 Å². The van der Waals surface area contributed by atoms with E-state index in [2.05, 4.69) is 17.6 Å². The van der Waals surface area contributed by atoms with Crippen molar-refractivity contribution in [2.45, 2.75) is 26.2 Å². The first-order chi connectivity index (χ1) is 9.17. The van der Waals surface area contributed by atoms with E-state index in [-0.39, 0.29) is 17.7 Å². The Hall–Kier alpha value is -1.55. The molecule has 1 aromatic carbocycles. The van der Waals surface area contributed by atoms with Gasteiger partial charge in [-0.1, -0.05) is 25.8 Å². The number of carbonyl (C=O) groups is 2. The number of carbonyl (C=O) groups excluding carboxylic acids is 2. The van der Waals surface area contributed by atoms with Crippen molar-refractivity contribution in [3.63, 3.8) is 0 Å². The fraction of sp³-hybridized carbons (Fsp3) is 0.429. The highest BCUT2D eigenvalue weighted by molar-refractivity contribution is 6.29. The number of benzene rings is 1. The van der Waals surface area contributed by atoms with E-state index in [1.807, 2.05) is 0 Å². The molecule has 1 aromatic rings. The summed E-state index contributed by atoms with van der Waals surface area (Å²) in [5, 5.41) is 5.46. The number of rotatable bonds is 7. The molecule has 0 radical (unpaired) electrons. The minimum absolute atomic E-state index is 0.104. The molecule has 5 heteroatoms. The molecule has 0 aliphatic heterocycles. The number of hydrogen-bond donors (Lipinski definition) is 2. The molecule has 0 saturated heterocycles. The molecule has 2 N–H and O–H groups in total. The van der Waals surface area contributed by atoms with Crippen LogP contribution in [-0.2, 0) is 4.79 Å². The third kappa shape index (κ3) is 5.75. The highest BCUT2D eigenvalue weighted by Gasteiger charge is 2.06. The van der Waals surface area contributed by atoms with E-state index in [4.69, 9.17) is 11.6 Å². The van der Waals surface area contributed by atoms with Crippen molar-refractivity contribution in [2.24, 2.45) is 0 Å². The number of amides is 2. The smallest absolute Gasteiger partial charge is 0.251 e. The average molecular weight is 283 g/mol. The van der Waals surface area contributed by atoms with Crippen molar-refractivity contribution >= 4 is 29.1 Å². The standard InChI is InChI=1S/C14H19ClN2O2/c1-2-3-4-8-16-14(19)11-6-5-7-12(9-11)17-13(18)10-15/h5-7,9H,2-4,8,10H2,1H3,(H,16,19)(H,17,18). The van der Waals surface area contributed by atoms with Gasteiger partial charge in [0.25, 0.3) is 5.91 Å². The molecular formula is C14H19ClN2O2. The van der Waals surface area contributed by atoms with Gasteiger partial charge in [-0.2, -0.15) is 0 Å². The molecule has 104 valence electrons. The van der Waals surface area contributed by atoms with Crippen LogP contribution in [0.5, 0.6) is 0 Å². The maximum absolute atomic E-state index is 11.9. The van der Waals surface area contributed by atoms with Gasteiger partial charge >= 0.3 is 0 Å². The van der Waals surface area contributed by atoms with Gasteiger partial charge in [0.05, 0.1) is 0 Å². The second kappa shape index (κ2) is 8.53. The molecule has 0 aliphatic rings. The minimum atomic E-state index is -0.290. The van der Waals surface area contributed by atoms with Crippen molar-refractivity contribution in [2.75, 3.05) is 17.7 Å². The zero-order chi connectivity index (χ0) is 14.1. The van der Waals surface area contributed by atoms with Crippen molar-refractivity contribution in [1.82, 2.24) is 5.32 Å². The van der Waals surface area contributed by atoms with E-state index in [9.17, 15) is 9.59 Å². The SMILES string of the molecule is CCCCCNC(=O)c1cccc(NC(=O)CCl)c1. The Labute approximate surface area is 118 Å². The summed E-state index contributed by atoms with van der Waals surface area (Å²) in [7, 11) is 0. The summed E-state index contributed by atoms with van der Waals surface area (Å²) in [4.78, 5) is 23.0. The third-order valence-corrected chi connectivity index (χ3v) is 2.84. The first kappa shape index (κ1) is 15.5. The Morgan fingerprint density at radius 1 is 1.26 bits per heavy atom. The fourth-order valence-electron chi connectivity index (χ4n) is 1.61. The molecule has 19 heavy (non-hydrogen) atoms. The first-order valence-electron chi connectivity index (χ1n) is 6.41. The molecule has 0 aromatic heterocycles. The molecule has 0 heterocycles. The van der Waals surface area contributed by atoms with Crippen molar-refractivity contribution in [3.05, 3.63) is 29.8 Å². The van der Waals surface area contributed by atoms with Gasteiger partial charge in [-0.3, -0.25) is 9.59 Å². The molecular weight excluding hydrogens is 264 g/mol. The van der Waals surface area contributed by atoms with Gasteiger partial charge in [0.1, 0.15) is 5.88 Å². The number of alkyl halides is 1. The molecule has 0 saturated carbocycles. The average Bonchev–Trinajstić information content (AvgIpc) is 2.43. The quantitative estimate of drug-likeness (QED) is 0.597. The lowest BCUT2D eigenvalue weighted by molar-refractivity contribution is -0.113. The maximum atomic E-state index is 11.9. The summed E-state index contributed by atoms with van der Waals surface area (Å²) in [6.45, 7) is 2.79. The van der Waals surface area contributed by atoms with Crippen LogP contribution < -0.4 is 10.6 Å². The van der Waals surface area contributed by atoms with Gasteiger partial charge in [-0.15, -0.1) is 11.6 Å². The second-order valence-electron chi connectivity index (χ2n) is 4.23. The predicted octanol–water partition coefficient (Wildman–Crippen LogP) is 2.78. The lowest BCUT2D eigenvalue weighted by atomic mass is 10.2. The molecule has 0 unspecified atom stereocenters. The summed E-state index contributed by atoms with van der Waals surface area (Å²) >= 11 is 5.41. The first-order valence-corrected chi connectivity index (χ1v) is 6.95. The van der Waals surface area contributed by atoms with Gasteiger partial charge in [0.2, 0.25) is 5.91 Å². The number of halogens is 1. The highest BCUT2D eigenvalue weighted by Crippen LogP contribution is 2.10. The van der Waals surface area contributed by atoms with Crippen molar-refractivity contribution in [3.8, 4) is 0 Å². The highest BCUT2D eigenvalue weighted by atomic mass is 35.5. The molecule has 0 atom stereocenters. The van der Waals surface area contributed by atoms with Crippen LogP contribution in [0.15, 0.2) is 24.3 Å². The van der Waals surface area contributed by atoms with Crippen LogP contribution in [0.4, 0.5) is 5.69 Å². The summed E-state index contributed by atoms with van der Waals surface area (Å²) in [6.07, 6.45) is 3.20. The zero-order valence-electron chi connectivity index (χ0n) is 11.0. The monoisotopic (exact) mass is 282 g/mol. The molecule has 0 fully saturated rings. The van der Waals surface area contributed by atoms with Crippen LogP contribution in [0.1, 0.15) is 36.5 Å². The van der Waals surface area contributed by atoms with E-state index in [0.717, 1.165) is 19.3 Å². The summed E-state index contributed by atoms with van der Waals surface area (Å²) in [6, 6.07) is 6.80. The second-order valence-corrected chi connectivity index (χ2v) is 4.49. The Balaban J connectivity index is 2.55. The molecule has 0 spiro atoms. The predicted molar refractivity (Wildman–Crippen MR) is 77.6 cm³/mol. The summed E-state index contributed by atoms with van der Waals surface area (Å²) in [5.74, 6) is -0.520. The van der Waals surface area contributed by atoms with Crippen molar-refractivity contribution < 1.29 is 9.59 Å². The lowest BCUT2D eigenvalue weighted by Gasteiger charge is -2.07. The number of anilines is 1. The van der Waals surface area contributed by atoms with Gasteiger partial charge in [-0.05, 0) is 24.6 Å². The molecule has 1 rings (SSSR count). The van der Waals surface area contributed by atoms with Crippen LogP contribution in [-0.4, -0.2) is 24.2 Å². The normalized spacial score (nSPS) is 10.0. The largest absolute Gasteiger partial charge is 0.352 e. The lowest BCUT2D eigenvalue weighted by Crippen LogP contribution is -2.24. The Morgan fingerprint density at radius 3 is 2.74 bits per heavy atom.